The molecule has 0 unspecified atom stereocenters. The molecule has 10 rings (SSSR count). The molecule has 9 nitrogen and oxygen atoms in total. The summed E-state index contributed by atoms with van der Waals surface area (Å²) in [7, 11) is 2.11. The molecular formula is C45H37N7O2. The third-order valence-corrected chi connectivity index (χ3v) is 10.3. The largest absolute Gasteiger partial charge is 0.439 e. The second kappa shape index (κ2) is 12.6. The molecule has 0 radical (unpaired) electrons. The maximum atomic E-state index is 8.32. The predicted molar refractivity (Wildman–Crippen MR) is 218 cm³/mol. The first-order valence-electron chi connectivity index (χ1n) is 19.3. The average molecular weight is 711 g/mol. The van der Waals surface area contributed by atoms with Crippen molar-refractivity contribution in [3.8, 4) is 28.9 Å². The summed E-state index contributed by atoms with van der Waals surface area (Å²) >= 11 is 0. The first-order valence-corrected chi connectivity index (χ1v) is 17.8. The monoisotopic (exact) mass is 710 g/mol. The fourth-order valence-electron chi connectivity index (χ4n) is 7.67. The van der Waals surface area contributed by atoms with E-state index in [9.17, 15) is 0 Å². The molecule has 5 heterocycles. The van der Waals surface area contributed by atoms with Gasteiger partial charge < -0.3 is 33.6 Å². The number of pyridine rings is 2. The van der Waals surface area contributed by atoms with Gasteiger partial charge in [-0.2, -0.15) is 0 Å². The zero-order valence-corrected chi connectivity index (χ0v) is 29.7. The van der Waals surface area contributed by atoms with E-state index in [0.29, 0.717) is 35.6 Å². The van der Waals surface area contributed by atoms with Gasteiger partial charge in [0.05, 0.1) is 52.8 Å². The molecule has 2 aliphatic rings. The first-order chi connectivity index (χ1) is 27.7. The van der Waals surface area contributed by atoms with Crippen molar-refractivity contribution >= 4 is 55.9 Å². The molecule has 0 aliphatic carbocycles. The molecule has 9 heteroatoms. The summed E-state index contributed by atoms with van der Waals surface area (Å²) in [6.07, 6.45) is 3.40. The molecule has 2 aliphatic heterocycles. The van der Waals surface area contributed by atoms with Crippen LogP contribution in [0.1, 0.15) is 9.68 Å². The normalized spacial score (nSPS) is 14.6. The van der Waals surface area contributed by atoms with E-state index in [2.05, 4.69) is 96.9 Å². The van der Waals surface area contributed by atoms with Crippen LogP contribution in [0.15, 0.2) is 146 Å². The molecule has 0 bridgehead atoms. The fourth-order valence-corrected chi connectivity index (χ4v) is 7.67. The van der Waals surface area contributed by atoms with E-state index in [1.165, 1.54) is 10.6 Å². The Labute approximate surface area is 317 Å². The van der Waals surface area contributed by atoms with Crippen LogP contribution in [-0.4, -0.2) is 41.9 Å². The Kier molecular flexibility index (Phi) is 6.66. The molecular weight excluding hydrogens is 671 g/mol. The zero-order chi connectivity index (χ0) is 38.8. The number of benzene rings is 5. The summed E-state index contributed by atoms with van der Waals surface area (Å²) in [4.78, 5) is 17.0. The molecule has 8 aromatic rings. The molecule has 5 aromatic carbocycles. The van der Waals surface area contributed by atoms with Crippen molar-refractivity contribution < 1.29 is 13.6 Å². The van der Waals surface area contributed by atoms with Gasteiger partial charge in [0, 0.05) is 82.5 Å². The number of aromatic nitrogens is 3. The molecule has 0 spiro atoms. The highest BCUT2D eigenvalue weighted by Gasteiger charge is 2.27. The maximum Gasteiger partial charge on any atom is 0.219 e. The van der Waals surface area contributed by atoms with E-state index in [1.807, 2.05) is 79.7 Å². The SMILES string of the molecule is [2H]C([2H])([2H])N1CN(c2ccc3c4ccc(N5CN(C)c6ccccc65)cc4n(-c4cc(Oc5ccccn5)c(C)c(Oc5ccccn5)c4)c3c2)c2ccccc21. The van der Waals surface area contributed by atoms with Crippen molar-refractivity contribution in [1.82, 2.24) is 14.5 Å². The summed E-state index contributed by atoms with van der Waals surface area (Å²) in [6, 6.07) is 44.3. The van der Waals surface area contributed by atoms with Crippen molar-refractivity contribution in [1.29, 1.82) is 0 Å². The van der Waals surface area contributed by atoms with Crippen molar-refractivity contribution in [3.05, 3.63) is 151 Å². The highest BCUT2D eigenvalue weighted by molar-refractivity contribution is 6.11. The Hall–Kier alpha value is -7.00. The van der Waals surface area contributed by atoms with Gasteiger partial charge in [-0.25, -0.2) is 9.97 Å². The van der Waals surface area contributed by atoms with Crippen molar-refractivity contribution in [2.24, 2.45) is 0 Å². The Morgan fingerprint density at radius 1 is 0.537 bits per heavy atom. The van der Waals surface area contributed by atoms with Crippen LogP contribution in [0, 0.1) is 6.92 Å². The standard InChI is InChI=1S/C45H37N7O2/c1-30-42(53-44-16-8-10-22-46-44)26-33(27-43(30)54-45-17-9-11-23-47-45)52-40-24-31(50-28-48(2)36-12-4-6-14-38(36)50)18-20-34(40)35-21-19-32(25-41(35)52)51-29-49(3)37-13-5-7-15-39(37)51/h4-27H,28-29H2,1-3H3/i2D3. The van der Waals surface area contributed by atoms with Crippen molar-refractivity contribution in [3.63, 3.8) is 0 Å². The lowest BCUT2D eigenvalue weighted by molar-refractivity contribution is 0.435. The van der Waals surface area contributed by atoms with Crippen LogP contribution in [0.25, 0.3) is 27.5 Å². The fraction of sp³-hybridized carbons (Fsp3) is 0.111. The number of hydrogen-bond donors (Lipinski definition) is 0. The molecule has 0 fully saturated rings. The Morgan fingerprint density at radius 3 is 1.52 bits per heavy atom. The van der Waals surface area contributed by atoms with Crippen LogP contribution in [-0.2, 0) is 0 Å². The van der Waals surface area contributed by atoms with E-state index in [-0.39, 0.29) is 6.67 Å². The van der Waals surface area contributed by atoms with Gasteiger partial charge in [0.15, 0.2) is 0 Å². The quantitative estimate of drug-likeness (QED) is 0.162. The highest BCUT2D eigenvalue weighted by atomic mass is 16.5. The van der Waals surface area contributed by atoms with E-state index >= 15 is 0 Å². The maximum absolute atomic E-state index is 8.32. The Bertz CT molecular complexity index is 2750. The van der Waals surface area contributed by atoms with Gasteiger partial charge in [0.2, 0.25) is 11.8 Å². The summed E-state index contributed by atoms with van der Waals surface area (Å²) in [6.45, 7) is 0.546. The van der Waals surface area contributed by atoms with Gasteiger partial charge in [-0.05, 0) is 67.6 Å². The van der Waals surface area contributed by atoms with Crippen LogP contribution < -0.4 is 29.1 Å². The lowest BCUT2D eigenvalue weighted by atomic mass is 10.1. The van der Waals surface area contributed by atoms with E-state index < -0.39 is 6.98 Å². The van der Waals surface area contributed by atoms with Gasteiger partial charge in [-0.1, -0.05) is 48.5 Å². The number of para-hydroxylation sites is 4. The summed E-state index contributed by atoms with van der Waals surface area (Å²) in [5, 5.41) is 2.10. The second-order valence-electron chi connectivity index (χ2n) is 13.6. The predicted octanol–water partition coefficient (Wildman–Crippen LogP) is 10.6. The van der Waals surface area contributed by atoms with Gasteiger partial charge in [-0.3, -0.25) is 0 Å². The summed E-state index contributed by atoms with van der Waals surface area (Å²) in [5.74, 6) is 2.07. The molecule has 0 amide bonds. The van der Waals surface area contributed by atoms with E-state index in [0.717, 1.165) is 55.8 Å². The molecule has 0 N–H and O–H groups in total. The minimum atomic E-state index is -2.31. The Morgan fingerprint density at radius 2 is 1.02 bits per heavy atom. The van der Waals surface area contributed by atoms with Gasteiger partial charge in [-0.15, -0.1) is 0 Å². The lowest BCUT2D eigenvalue weighted by Crippen LogP contribution is -2.24. The van der Waals surface area contributed by atoms with Crippen molar-refractivity contribution in [2.75, 3.05) is 47.0 Å². The van der Waals surface area contributed by atoms with E-state index in [4.69, 9.17) is 13.6 Å². The number of anilines is 6. The lowest BCUT2D eigenvalue weighted by Gasteiger charge is -2.21. The smallest absolute Gasteiger partial charge is 0.219 e. The van der Waals surface area contributed by atoms with Crippen LogP contribution in [0.4, 0.5) is 34.1 Å². The third kappa shape index (κ3) is 5.24. The number of rotatable bonds is 7. The van der Waals surface area contributed by atoms with E-state index in [1.54, 1.807) is 12.4 Å². The topological polar surface area (TPSA) is 62.1 Å². The summed E-state index contributed by atoms with van der Waals surface area (Å²) < 4.78 is 40.2. The Balaban J connectivity index is 1.21. The number of hydrogen-bond acceptors (Lipinski definition) is 8. The average Bonchev–Trinajstić information content (AvgIpc) is 3.89. The molecule has 264 valence electrons. The van der Waals surface area contributed by atoms with Crippen molar-refractivity contribution in [2.45, 2.75) is 6.92 Å². The van der Waals surface area contributed by atoms with Crippen LogP contribution >= 0.6 is 0 Å². The molecule has 3 aromatic heterocycles. The minimum absolute atomic E-state index is 0.183. The summed E-state index contributed by atoms with van der Waals surface area (Å²) in [5.41, 5.74) is 9.23. The number of ether oxygens (including phenoxy) is 2. The minimum Gasteiger partial charge on any atom is -0.439 e. The molecule has 0 saturated heterocycles. The van der Waals surface area contributed by atoms with Crippen LogP contribution in [0.3, 0.4) is 0 Å². The van der Waals surface area contributed by atoms with Gasteiger partial charge in [0.1, 0.15) is 11.5 Å². The number of fused-ring (bicyclic) bond motifs is 5. The zero-order valence-electron chi connectivity index (χ0n) is 32.7. The third-order valence-electron chi connectivity index (χ3n) is 10.3. The first kappa shape index (κ1) is 28.6. The number of nitrogens with zero attached hydrogens (tertiary/aromatic N) is 7. The van der Waals surface area contributed by atoms with Gasteiger partial charge in [0.25, 0.3) is 0 Å². The van der Waals surface area contributed by atoms with Crippen LogP contribution in [0.5, 0.6) is 23.3 Å². The molecule has 54 heavy (non-hydrogen) atoms. The van der Waals surface area contributed by atoms with Crippen LogP contribution in [0.2, 0.25) is 0 Å². The van der Waals surface area contributed by atoms with Gasteiger partial charge >= 0.3 is 0 Å². The molecule has 0 saturated carbocycles. The molecule has 0 atom stereocenters. The second-order valence-corrected chi connectivity index (χ2v) is 13.6. The highest BCUT2D eigenvalue weighted by Crippen LogP contribution is 2.46.